The number of anilines is 3. The second-order valence-electron chi connectivity index (χ2n) is 6.07. The van der Waals surface area contributed by atoms with Crippen LogP contribution in [0.25, 0.3) is 11.3 Å². The van der Waals surface area contributed by atoms with Crippen LogP contribution in [-0.2, 0) is 0 Å². The molecule has 0 unspecified atom stereocenters. The summed E-state index contributed by atoms with van der Waals surface area (Å²) in [4.78, 5) is 11.6. The topological polar surface area (TPSA) is 41.1 Å². The molecule has 1 N–H and O–H groups in total. The molecule has 0 radical (unpaired) electrons. The number of nitrogens with one attached hydrogen (secondary N) is 1. The van der Waals surface area contributed by atoms with Crippen molar-refractivity contribution in [1.29, 1.82) is 0 Å². The second kappa shape index (κ2) is 8.29. The van der Waals surface area contributed by atoms with Gasteiger partial charge < -0.3 is 10.2 Å². The van der Waals surface area contributed by atoms with E-state index in [4.69, 9.17) is 9.97 Å². The van der Waals surface area contributed by atoms with Crippen LogP contribution in [0.5, 0.6) is 0 Å². The lowest BCUT2D eigenvalue weighted by molar-refractivity contribution is 0.759. The first-order chi connectivity index (χ1) is 12.3. The molecule has 0 saturated carbocycles. The molecule has 128 valence electrons. The Bertz CT molecular complexity index is 788. The summed E-state index contributed by atoms with van der Waals surface area (Å²) in [6, 6.07) is 22.3. The summed E-state index contributed by atoms with van der Waals surface area (Å²) < 4.78 is 0. The van der Waals surface area contributed by atoms with Crippen LogP contribution in [0.3, 0.4) is 0 Å². The molecule has 1 aromatic heterocycles. The molecule has 25 heavy (non-hydrogen) atoms. The first-order valence-electron chi connectivity index (χ1n) is 8.74. The van der Waals surface area contributed by atoms with Crippen molar-refractivity contribution in [1.82, 2.24) is 9.97 Å². The lowest BCUT2D eigenvalue weighted by atomic mass is 10.1. The number of nitrogens with zero attached hydrogens (tertiary/aromatic N) is 3. The van der Waals surface area contributed by atoms with E-state index in [9.17, 15) is 0 Å². The Kier molecular flexibility index (Phi) is 5.62. The van der Waals surface area contributed by atoms with Crippen LogP contribution in [0.4, 0.5) is 17.5 Å². The third-order valence-electron chi connectivity index (χ3n) is 4.05. The molecule has 0 saturated heterocycles. The van der Waals surface area contributed by atoms with Gasteiger partial charge in [0.25, 0.3) is 0 Å². The van der Waals surface area contributed by atoms with Crippen molar-refractivity contribution in [3.8, 4) is 11.3 Å². The van der Waals surface area contributed by atoms with Gasteiger partial charge in [0.1, 0.15) is 5.82 Å². The van der Waals surface area contributed by atoms with Crippen molar-refractivity contribution in [2.75, 3.05) is 23.8 Å². The summed E-state index contributed by atoms with van der Waals surface area (Å²) in [5.41, 5.74) is 2.99. The largest absolute Gasteiger partial charge is 0.359 e. The van der Waals surface area contributed by atoms with Crippen molar-refractivity contribution in [2.45, 2.75) is 19.8 Å². The lowest BCUT2D eigenvalue weighted by Gasteiger charge is -2.19. The third kappa shape index (κ3) is 4.57. The summed E-state index contributed by atoms with van der Waals surface area (Å²) in [5, 5.41) is 3.32. The Hall–Kier alpha value is -2.88. The van der Waals surface area contributed by atoms with E-state index in [0.717, 1.165) is 42.1 Å². The predicted octanol–water partition coefficient (Wildman–Crippen LogP) is 5.12. The van der Waals surface area contributed by atoms with Crippen molar-refractivity contribution < 1.29 is 0 Å². The van der Waals surface area contributed by atoms with Crippen LogP contribution >= 0.6 is 0 Å². The summed E-state index contributed by atoms with van der Waals surface area (Å²) >= 11 is 0. The van der Waals surface area contributed by atoms with Crippen LogP contribution < -0.4 is 10.2 Å². The molecule has 1 heterocycles. The molecule has 0 aliphatic carbocycles. The van der Waals surface area contributed by atoms with Crippen molar-refractivity contribution in [2.24, 2.45) is 0 Å². The number of rotatable bonds is 7. The molecule has 0 atom stereocenters. The van der Waals surface area contributed by atoms with Gasteiger partial charge in [-0.15, -0.1) is 0 Å². The summed E-state index contributed by atoms with van der Waals surface area (Å²) in [5.74, 6) is 1.55. The maximum Gasteiger partial charge on any atom is 0.229 e. The molecule has 2 aromatic carbocycles. The molecule has 0 amide bonds. The fourth-order valence-corrected chi connectivity index (χ4v) is 2.60. The Labute approximate surface area is 149 Å². The first-order valence-corrected chi connectivity index (χ1v) is 8.74. The summed E-state index contributed by atoms with van der Waals surface area (Å²) in [7, 11) is 2.08. The molecule has 0 aliphatic heterocycles. The molecule has 0 spiro atoms. The fourth-order valence-electron chi connectivity index (χ4n) is 2.60. The van der Waals surface area contributed by atoms with Gasteiger partial charge in [0.15, 0.2) is 0 Å². The zero-order valence-corrected chi connectivity index (χ0v) is 14.8. The zero-order chi connectivity index (χ0) is 17.5. The number of hydrogen-bond donors (Lipinski definition) is 1. The molecular formula is C21H24N4. The van der Waals surface area contributed by atoms with Crippen molar-refractivity contribution in [3.63, 3.8) is 0 Å². The average molecular weight is 332 g/mol. The maximum absolute atomic E-state index is 4.71. The molecule has 3 aromatic rings. The highest BCUT2D eigenvalue weighted by Crippen LogP contribution is 2.24. The number of hydrogen-bond acceptors (Lipinski definition) is 4. The lowest BCUT2D eigenvalue weighted by Crippen LogP contribution is -2.20. The van der Waals surface area contributed by atoms with Gasteiger partial charge in [-0.3, -0.25) is 0 Å². The van der Waals surface area contributed by atoms with E-state index in [1.165, 1.54) is 0 Å². The number of benzene rings is 2. The van der Waals surface area contributed by atoms with Gasteiger partial charge in [-0.1, -0.05) is 61.9 Å². The highest BCUT2D eigenvalue weighted by Gasteiger charge is 2.10. The van der Waals surface area contributed by atoms with E-state index in [1.807, 2.05) is 48.5 Å². The van der Waals surface area contributed by atoms with Crippen LogP contribution in [0, 0.1) is 0 Å². The third-order valence-corrected chi connectivity index (χ3v) is 4.05. The van der Waals surface area contributed by atoms with Crippen molar-refractivity contribution in [3.05, 3.63) is 66.7 Å². The average Bonchev–Trinajstić information content (AvgIpc) is 2.67. The van der Waals surface area contributed by atoms with E-state index >= 15 is 0 Å². The summed E-state index contributed by atoms with van der Waals surface area (Å²) in [6.45, 7) is 3.18. The van der Waals surface area contributed by atoms with Crippen LogP contribution in [0.1, 0.15) is 19.8 Å². The predicted molar refractivity (Wildman–Crippen MR) is 105 cm³/mol. The number of aromatic nitrogens is 2. The van der Waals surface area contributed by atoms with E-state index in [0.29, 0.717) is 5.95 Å². The van der Waals surface area contributed by atoms with E-state index in [-0.39, 0.29) is 0 Å². The van der Waals surface area contributed by atoms with Crippen LogP contribution in [-0.4, -0.2) is 23.6 Å². The Morgan fingerprint density at radius 3 is 2.28 bits per heavy atom. The molecular weight excluding hydrogens is 308 g/mol. The number of unbranched alkanes of at least 4 members (excludes halogenated alkanes) is 1. The van der Waals surface area contributed by atoms with Gasteiger partial charge in [-0.2, -0.15) is 4.98 Å². The van der Waals surface area contributed by atoms with Gasteiger partial charge in [-0.25, -0.2) is 4.98 Å². The quantitative estimate of drug-likeness (QED) is 0.652. The minimum absolute atomic E-state index is 0.617. The smallest absolute Gasteiger partial charge is 0.229 e. The Morgan fingerprint density at radius 2 is 1.60 bits per heavy atom. The normalized spacial score (nSPS) is 10.5. The Morgan fingerprint density at radius 1 is 0.920 bits per heavy atom. The number of para-hydroxylation sites is 1. The van der Waals surface area contributed by atoms with Gasteiger partial charge in [0, 0.05) is 30.9 Å². The van der Waals surface area contributed by atoms with E-state index in [2.05, 4.69) is 42.4 Å². The van der Waals surface area contributed by atoms with Gasteiger partial charge in [-0.05, 0) is 18.6 Å². The minimum Gasteiger partial charge on any atom is -0.359 e. The van der Waals surface area contributed by atoms with E-state index in [1.54, 1.807) is 0 Å². The maximum atomic E-state index is 4.71. The van der Waals surface area contributed by atoms with Crippen LogP contribution in [0.15, 0.2) is 66.7 Å². The monoisotopic (exact) mass is 332 g/mol. The SMILES string of the molecule is CCCCN(C)c1cc(-c2ccccc2)nc(Nc2ccccc2)n1. The zero-order valence-electron chi connectivity index (χ0n) is 14.8. The minimum atomic E-state index is 0.617. The summed E-state index contributed by atoms with van der Waals surface area (Å²) in [6.07, 6.45) is 2.30. The fraction of sp³-hybridized carbons (Fsp3) is 0.238. The van der Waals surface area contributed by atoms with E-state index < -0.39 is 0 Å². The van der Waals surface area contributed by atoms with Crippen LogP contribution in [0.2, 0.25) is 0 Å². The second-order valence-corrected chi connectivity index (χ2v) is 6.07. The molecule has 0 bridgehead atoms. The molecule has 0 aliphatic rings. The first kappa shape index (κ1) is 17.0. The Balaban J connectivity index is 1.96. The highest BCUT2D eigenvalue weighted by molar-refractivity contribution is 5.66. The molecule has 0 fully saturated rings. The molecule has 3 rings (SSSR count). The molecule has 4 nitrogen and oxygen atoms in total. The van der Waals surface area contributed by atoms with Crippen molar-refractivity contribution >= 4 is 17.5 Å². The highest BCUT2D eigenvalue weighted by atomic mass is 15.2. The molecule has 4 heteroatoms. The standard InChI is InChI=1S/C21H24N4/c1-3-4-15-25(2)20-16-19(17-11-7-5-8-12-17)23-21(24-20)22-18-13-9-6-10-14-18/h5-14,16H,3-4,15H2,1-2H3,(H,22,23,24). The van der Waals surface area contributed by atoms with Gasteiger partial charge >= 0.3 is 0 Å². The van der Waals surface area contributed by atoms with Gasteiger partial charge in [0.2, 0.25) is 5.95 Å². The van der Waals surface area contributed by atoms with Gasteiger partial charge in [0.05, 0.1) is 5.69 Å².